The van der Waals surface area contributed by atoms with Crippen molar-refractivity contribution in [2.24, 2.45) is 0 Å². The molecule has 36 heavy (non-hydrogen) atoms. The van der Waals surface area contributed by atoms with E-state index in [0.29, 0.717) is 33.9 Å². The molecule has 0 atom stereocenters. The van der Waals surface area contributed by atoms with Gasteiger partial charge in [0.1, 0.15) is 17.3 Å². The van der Waals surface area contributed by atoms with Crippen LogP contribution >= 0.6 is 0 Å². The van der Waals surface area contributed by atoms with E-state index in [0.717, 1.165) is 5.56 Å². The van der Waals surface area contributed by atoms with Crippen LogP contribution in [-0.2, 0) is 21.1 Å². The van der Waals surface area contributed by atoms with Crippen molar-refractivity contribution in [3.63, 3.8) is 0 Å². The van der Waals surface area contributed by atoms with Crippen LogP contribution in [0, 0.1) is 12.7 Å². The molecule has 1 amide bonds. The third-order valence-corrected chi connectivity index (χ3v) is 7.40. The zero-order valence-corrected chi connectivity index (χ0v) is 20.8. The lowest BCUT2D eigenvalue weighted by atomic mass is 10.0. The molecule has 0 aromatic heterocycles. The molecule has 0 radical (unpaired) electrons. The second-order valence-electron chi connectivity index (χ2n) is 8.41. The first-order chi connectivity index (χ1) is 17.2. The molecular formula is C29H26FNO4S. The van der Waals surface area contributed by atoms with Gasteiger partial charge in [-0.15, -0.1) is 0 Å². The summed E-state index contributed by atoms with van der Waals surface area (Å²) in [6.07, 6.45) is 0.0756. The Kier molecular flexibility index (Phi) is 7.50. The van der Waals surface area contributed by atoms with E-state index < -0.39 is 9.84 Å². The Morgan fingerprint density at radius 1 is 0.917 bits per heavy atom. The van der Waals surface area contributed by atoms with Crippen molar-refractivity contribution in [1.29, 1.82) is 0 Å². The summed E-state index contributed by atoms with van der Waals surface area (Å²) < 4.78 is 44.0. The second kappa shape index (κ2) is 10.7. The molecule has 4 rings (SSSR count). The van der Waals surface area contributed by atoms with Crippen molar-refractivity contribution in [3.05, 3.63) is 108 Å². The van der Waals surface area contributed by atoms with Gasteiger partial charge in [0, 0.05) is 17.3 Å². The van der Waals surface area contributed by atoms with Crippen molar-refractivity contribution in [2.75, 3.05) is 11.1 Å². The van der Waals surface area contributed by atoms with Crippen LogP contribution in [0.1, 0.15) is 18.1 Å². The molecule has 0 bridgehead atoms. The van der Waals surface area contributed by atoms with Crippen LogP contribution in [0.3, 0.4) is 0 Å². The van der Waals surface area contributed by atoms with Gasteiger partial charge < -0.3 is 10.1 Å². The number of anilines is 1. The number of benzene rings is 4. The quantitative estimate of drug-likeness (QED) is 0.295. The normalized spacial score (nSPS) is 11.2. The van der Waals surface area contributed by atoms with Crippen molar-refractivity contribution >= 4 is 21.4 Å². The van der Waals surface area contributed by atoms with E-state index in [1.165, 1.54) is 24.3 Å². The molecule has 0 fully saturated rings. The number of rotatable bonds is 8. The molecule has 0 heterocycles. The number of amides is 1. The highest BCUT2D eigenvalue weighted by molar-refractivity contribution is 7.91. The molecule has 4 aromatic carbocycles. The van der Waals surface area contributed by atoms with Gasteiger partial charge in [-0.3, -0.25) is 4.79 Å². The second-order valence-corrected chi connectivity index (χ2v) is 10.7. The van der Waals surface area contributed by atoms with Crippen LogP contribution in [-0.4, -0.2) is 20.1 Å². The van der Waals surface area contributed by atoms with Crippen LogP contribution in [0.15, 0.2) is 95.9 Å². The van der Waals surface area contributed by atoms with E-state index in [-0.39, 0.29) is 28.8 Å². The lowest BCUT2D eigenvalue weighted by Gasteiger charge is -2.15. The van der Waals surface area contributed by atoms with Crippen molar-refractivity contribution in [3.8, 4) is 22.6 Å². The number of nitrogens with one attached hydrogen (secondary N) is 1. The Bertz CT molecular complexity index is 1500. The molecule has 0 aliphatic heterocycles. The Morgan fingerprint density at radius 3 is 2.36 bits per heavy atom. The van der Waals surface area contributed by atoms with Gasteiger partial charge in [-0.05, 0) is 72.1 Å². The van der Waals surface area contributed by atoms with Crippen LogP contribution in [0.4, 0.5) is 10.1 Å². The summed E-state index contributed by atoms with van der Waals surface area (Å²) in [5.41, 5.74) is 3.57. The fourth-order valence-corrected chi connectivity index (χ4v) is 4.64. The highest BCUT2D eigenvalue weighted by atomic mass is 32.2. The molecule has 0 aliphatic carbocycles. The fourth-order valence-electron chi connectivity index (χ4n) is 3.76. The van der Waals surface area contributed by atoms with Crippen LogP contribution in [0.2, 0.25) is 0 Å². The molecule has 5 nitrogen and oxygen atoms in total. The predicted octanol–water partition coefficient (Wildman–Crippen LogP) is 6.57. The van der Waals surface area contributed by atoms with Gasteiger partial charge in [0.15, 0.2) is 9.84 Å². The van der Waals surface area contributed by atoms with E-state index in [1.807, 2.05) is 31.2 Å². The van der Waals surface area contributed by atoms with E-state index >= 15 is 0 Å². The smallest absolute Gasteiger partial charge is 0.228 e. The summed E-state index contributed by atoms with van der Waals surface area (Å²) >= 11 is 0. The van der Waals surface area contributed by atoms with E-state index in [2.05, 4.69) is 5.32 Å². The minimum absolute atomic E-state index is 0.0193. The Morgan fingerprint density at radius 2 is 1.67 bits per heavy atom. The lowest BCUT2D eigenvalue weighted by Crippen LogP contribution is -2.14. The first-order valence-electron chi connectivity index (χ1n) is 11.5. The molecule has 1 N–H and O–H groups in total. The fraction of sp³-hybridized carbons (Fsp3) is 0.138. The zero-order chi connectivity index (χ0) is 25.7. The number of carbonyl (C=O) groups is 1. The average molecular weight is 504 g/mol. The topological polar surface area (TPSA) is 72.5 Å². The first-order valence-corrected chi connectivity index (χ1v) is 13.1. The maximum Gasteiger partial charge on any atom is 0.228 e. The Balaban J connectivity index is 1.57. The van der Waals surface area contributed by atoms with Crippen molar-refractivity contribution in [2.45, 2.75) is 25.2 Å². The van der Waals surface area contributed by atoms with Gasteiger partial charge in [-0.1, -0.05) is 43.3 Å². The maximum absolute atomic E-state index is 13.9. The van der Waals surface area contributed by atoms with Crippen molar-refractivity contribution < 1.29 is 22.3 Å². The number of hydrogen-bond acceptors (Lipinski definition) is 4. The number of carbonyl (C=O) groups excluding carboxylic acids is 1. The van der Waals surface area contributed by atoms with E-state index in [1.54, 1.807) is 49.4 Å². The van der Waals surface area contributed by atoms with E-state index in [4.69, 9.17) is 4.74 Å². The summed E-state index contributed by atoms with van der Waals surface area (Å²) in [5, 5.41) is 2.86. The number of ether oxygens (including phenoxy) is 1. The van der Waals surface area contributed by atoms with Gasteiger partial charge in [-0.25, -0.2) is 12.8 Å². The molecule has 0 spiro atoms. The highest BCUT2D eigenvalue weighted by Gasteiger charge is 2.14. The summed E-state index contributed by atoms with van der Waals surface area (Å²) in [6, 6.07) is 25.3. The maximum atomic E-state index is 13.9. The van der Waals surface area contributed by atoms with Crippen LogP contribution in [0.25, 0.3) is 11.1 Å². The van der Waals surface area contributed by atoms with Gasteiger partial charge in [0.05, 0.1) is 17.1 Å². The van der Waals surface area contributed by atoms with Gasteiger partial charge >= 0.3 is 0 Å². The monoisotopic (exact) mass is 503 g/mol. The standard InChI is InChI=1S/C29H26FNO4S/c1-3-36(33,34)26-13-10-21(11-14-26)17-29(32)31-24-12-15-27(22-7-5-8-23(30)18-22)28(19-24)35-25-9-4-6-20(2)16-25/h4-16,18-19H,3,17H2,1-2H3,(H,31,32). The first kappa shape index (κ1) is 25.1. The molecule has 0 saturated heterocycles. The molecule has 4 aromatic rings. The summed E-state index contributed by atoms with van der Waals surface area (Å²) in [4.78, 5) is 13.0. The third kappa shape index (κ3) is 6.17. The van der Waals surface area contributed by atoms with Gasteiger partial charge in [0.2, 0.25) is 5.91 Å². The zero-order valence-electron chi connectivity index (χ0n) is 20.0. The third-order valence-electron chi connectivity index (χ3n) is 5.65. The Labute approximate surface area is 210 Å². The summed E-state index contributed by atoms with van der Waals surface area (Å²) in [5.74, 6) is 0.493. The largest absolute Gasteiger partial charge is 0.457 e. The van der Waals surface area contributed by atoms with Crippen LogP contribution in [0.5, 0.6) is 11.5 Å². The molecule has 0 aliphatic rings. The van der Waals surface area contributed by atoms with Gasteiger partial charge in [-0.2, -0.15) is 0 Å². The molecule has 7 heteroatoms. The highest BCUT2D eigenvalue weighted by Crippen LogP contribution is 2.36. The van der Waals surface area contributed by atoms with Gasteiger partial charge in [0.25, 0.3) is 0 Å². The number of halogens is 1. The summed E-state index contributed by atoms with van der Waals surface area (Å²) in [6.45, 7) is 3.55. The predicted molar refractivity (Wildman–Crippen MR) is 140 cm³/mol. The minimum atomic E-state index is -3.29. The number of aryl methyl sites for hydroxylation is 1. The molecule has 0 unspecified atom stereocenters. The minimum Gasteiger partial charge on any atom is -0.457 e. The average Bonchev–Trinajstić information content (AvgIpc) is 2.84. The molecule has 184 valence electrons. The van der Waals surface area contributed by atoms with Crippen LogP contribution < -0.4 is 10.1 Å². The SMILES string of the molecule is CCS(=O)(=O)c1ccc(CC(=O)Nc2ccc(-c3cccc(F)c3)c(Oc3cccc(C)c3)c2)cc1. The lowest BCUT2D eigenvalue weighted by molar-refractivity contribution is -0.115. The number of hydrogen-bond donors (Lipinski definition) is 1. The number of sulfone groups is 1. The molecule has 0 saturated carbocycles. The van der Waals surface area contributed by atoms with E-state index in [9.17, 15) is 17.6 Å². The molecular weight excluding hydrogens is 477 g/mol. The van der Waals surface area contributed by atoms with Crippen molar-refractivity contribution in [1.82, 2.24) is 0 Å². The Hall–Kier alpha value is -3.97. The summed E-state index contributed by atoms with van der Waals surface area (Å²) in [7, 11) is -3.29.